The van der Waals surface area contributed by atoms with Crippen molar-refractivity contribution >= 4 is 5.78 Å². The van der Waals surface area contributed by atoms with Crippen LogP contribution in [0.25, 0.3) is 0 Å². The number of hydrogen-bond donors (Lipinski definition) is 0. The van der Waals surface area contributed by atoms with E-state index in [1.165, 1.54) is 18.1 Å². The van der Waals surface area contributed by atoms with Crippen LogP contribution in [-0.4, -0.2) is 5.78 Å². The van der Waals surface area contributed by atoms with Gasteiger partial charge >= 0.3 is 0 Å². The maximum atomic E-state index is 11.1. The molecule has 0 radical (unpaired) electrons. The van der Waals surface area contributed by atoms with E-state index in [1.54, 1.807) is 6.07 Å². The molecule has 0 spiro atoms. The van der Waals surface area contributed by atoms with Crippen molar-refractivity contribution in [1.82, 2.24) is 0 Å². The highest BCUT2D eigenvalue weighted by Crippen LogP contribution is 2.16. The molecule has 1 heterocycles. The summed E-state index contributed by atoms with van der Waals surface area (Å²) in [6, 6.07) is 11.8. The highest BCUT2D eigenvalue weighted by Gasteiger charge is 2.07. The van der Waals surface area contributed by atoms with Crippen molar-refractivity contribution in [2.24, 2.45) is 0 Å². The van der Waals surface area contributed by atoms with E-state index in [0.29, 0.717) is 5.76 Å². The van der Waals surface area contributed by atoms with Crippen LogP contribution >= 0.6 is 0 Å². The normalized spacial score (nSPS) is 10.4. The number of hydrogen-bond acceptors (Lipinski definition) is 2. The van der Waals surface area contributed by atoms with Crippen molar-refractivity contribution in [3.8, 4) is 0 Å². The van der Waals surface area contributed by atoms with E-state index in [2.05, 4.69) is 19.1 Å². The van der Waals surface area contributed by atoms with Crippen LogP contribution < -0.4 is 0 Å². The van der Waals surface area contributed by atoms with E-state index in [0.717, 1.165) is 12.2 Å². The summed E-state index contributed by atoms with van der Waals surface area (Å²) in [7, 11) is 0. The quantitative estimate of drug-likeness (QED) is 0.733. The minimum atomic E-state index is -0.0315. The van der Waals surface area contributed by atoms with Gasteiger partial charge in [-0.15, -0.1) is 0 Å². The van der Waals surface area contributed by atoms with E-state index >= 15 is 0 Å². The smallest absolute Gasteiger partial charge is 0.194 e. The van der Waals surface area contributed by atoms with Gasteiger partial charge in [-0.2, -0.15) is 0 Å². The van der Waals surface area contributed by atoms with Crippen molar-refractivity contribution < 1.29 is 9.21 Å². The minimum absolute atomic E-state index is 0.0315. The predicted octanol–water partition coefficient (Wildman–Crippen LogP) is 3.38. The molecule has 2 aromatic rings. The third-order valence-corrected chi connectivity index (χ3v) is 2.63. The summed E-state index contributed by atoms with van der Waals surface area (Å²) in [5, 5.41) is 0. The molecule has 0 unspecified atom stereocenters. The van der Waals surface area contributed by atoms with Crippen molar-refractivity contribution in [3.63, 3.8) is 0 Å². The Morgan fingerprint density at radius 1 is 1.19 bits per heavy atom. The molecule has 0 aliphatic heterocycles. The first kappa shape index (κ1) is 10.7. The third kappa shape index (κ3) is 2.22. The van der Waals surface area contributed by atoms with Crippen LogP contribution in [0.5, 0.6) is 0 Å². The summed E-state index contributed by atoms with van der Waals surface area (Å²) < 4.78 is 5.45. The zero-order chi connectivity index (χ0) is 11.5. The van der Waals surface area contributed by atoms with E-state index in [9.17, 15) is 4.79 Å². The second-order valence-corrected chi connectivity index (χ2v) is 3.93. The molecule has 0 fully saturated rings. The average Bonchev–Trinajstić information content (AvgIpc) is 2.70. The number of benzene rings is 1. The van der Waals surface area contributed by atoms with Gasteiger partial charge in [0.2, 0.25) is 0 Å². The number of Topliss-reactive ketones (excluding diaryl/α,β-unsaturated/α-hetero) is 1. The van der Waals surface area contributed by atoms with Gasteiger partial charge in [0.15, 0.2) is 11.5 Å². The lowest BCUT2D eigenvalue weighted by Crippen LogP contribution is -1.90. The van der Waals surface area contributed by atoms with Gasteiger partial charge in [0.05, 0.1) is 0 Å². The number of carbonyl (C=O) groups excluding carboxylic acids is 1. The topological polar surface area (TPSA) is 30.2 Å². The molecule has 0 amide bonds. The first-order valence-electron chi connectivity index (χ1n) is 5.31. The molecule has 0 aliphatic carbocycles. The fraction of sp³-hybridized carbons (Fsp3) is 0.214. The third-order valence-electron chi connectivity index (χ3n) is 2.63. The van der Waals surface area contributed by atoms with Crippen LogP contribution in [0.2, 0.25) is 0 Å². The Hall–Kier alpha value is -1.83. The maximum Gasteiger partial charge on any atom is 0.194 e. The summed E-state index contributed by atoms with van der Waals surface area (Å²) in [5.74, 6) is 1.24. The standard InChI is InChI=1S/C14H14O2/c1-10-5-3-4-6-12(10)9-13-7-8-14(16-13)11(2)15/h3-8H,9H2,1-2H3. The van der Waals surface area contributed by atoms with Crippen LogP contribution in [-0.2, 0) is 6.42 Å². The molecule has 2 heteroatoms. The van der Waals surface area contributed by atoms with Crippen LogP contribution in [0, 0.1) is 6.92 Å². The maximum absolute atomic E-state index is 11.1. The summed E-state index contributed by atoms with van der Waals surface area (Å²) in [6.45, 7) is 3.58. The van der Waals surface area contributed by atoms with E-state index in [-0.39, 0.29) is 5.78 Å². The monoisotopic (exact) mass is 214 g/mol. The number of aryl methyl sites for hydroxylation is 1. The van der Waals surface area contributed by atoms with E-state index < -0.39 is 0 Å². The fourth-order valence-electron chi connectivity index (χ4n) is 1.66. The molecule has 82 valence electrons. The Balaban J connectivity index is 2.21. The Kier molecular flexibility index (Phi) is 2.91. The van der Waals surface area contributed by atoms with Gasteiger partial charge in [0.1, 0.15) is 5.76 Å². The van der Waals surface area contributed by atoms with E-state index in [4.69, 9.17) is 4.42 Å². The number of carbonyl (C=O) groups is 1. The zero-order valence-electron chi connectivity index (χ0n) is 9.49. The molecular weight excluding hydrogens is 200 g/mol. The molecule has 0 saturated carbocycles. The molecule has 2 nitrogen and oxygen atoms in total. The Labute approximate surface area is 94.9 Å². The number of rotatable bonds is 3. The summed E-state index contributed by atoms with van der Waals surface area (Å²) >= 11 is 0. The molecule has 1 aromatic carbocycles. The first-order chi connectivity index (χ1) is 7.66. The average molecular weight is 214 g/mol. The predicted molar refractivity (Wildman–Crippen MR) is 62.7 cm³/mol. The van der Waals surface area contributed by atoms with Crippen molar-refractivity contribution in [2.75, 3.05) is 0 Å². The molecule has 2 rings (SSSR count). The molecule has 0 saturated heterocycles. The second kappa shape index (κ2) is 4.35. The molecular formula is C14H14O2. The van der Waals surface area contributed by atoms with Crippen LogP contribution in [0.3, 0.4) is 0 Å². The summed E-state index contributed by atoms with van der Waals surface area (Å²) in [4.78, 5) is 11.1. The lowest BCUT2D eigenvalue weighted by atomic mass is 10.1. The zero-order valence-corrected chi connectivity index (χ0v) is 9.49. The van der Waals surface area contributed by atoms with E-state index in [1.807, 2.05) is 18.2 Å². The van der Waals surface area contributed by atoms with Gasteiger partial charge in [-0.1, -0.05) is 24.3 Å². The largest absolute Gasteiger partial charge is 0.458 e. The molecule has 0 bridgehead atoms. The number of furan rings is 1. The molecule has 0 aliphatic rings. The lowest BCUT2D eigenvalue weighted by Gasteiger charge is -2.02. The Morgan fingerprint density at radius 2 is 1.94 bits per heavy atom. The molecule has 1 aromatic heterocycles. The van der Waals surface area contributed by atoms with Crippen molar-refractivity contribution in [1.29, 1.82) is 0 Å². The summed E-state index contributed by atoms with van der Waals surface area (Å²) in [5.41, 5.74) is 2.47. The second-order valence-electron chi connectivity index (χ2n) is 3.93. The molecule has 0 N–H and O–H groups in total. The fourth-order valence-corrected chi connectivity index (χ4v) is 1.66. The molecule has 16 heavy (non-hydrogen) atoms. The van der Waals surface area contributed by atoms with Gasteiger partial charge in [0, 0.05) is 13.3 Å². The van der Waals surface area contributed by atoms with Gasteiger partial charge in [-0.3, -0.25) is 4.79 Å². The number of ketones is 1. The SMILES string of the molecule is CC(=O)c1ccc(Cc2ccccc2C)o1. The van der Waals surface area contributed by atoms with Gasteiger partial charge < -0.3 is 4.42 Å². The van der Waals surface area contributed by atoms with Crippen molar-refractivity contribution in [2.45, 2.75) is 20.3 Å². The molecule has 0 atom stereocenters. The van der Waals surface area contributed by atoms with Crippen LogP contribution in [0.1, 0.15) is 34.4 Å². The lowest BCUT2D eigenvalue weighted by molar-refractivity contribution is 0.0985. The Bertz CT molecular complexity index is 509. The minimum Gasteiger partial charge on any atom is -0.458 e. The summed E-state index contributed by atoms with van der Waals surface area (Å²) in [6.07, 6.45) is 0.736. The first-order valence-corrected chi connectivity index (χ1v) is 5.31. The van der Waals surface area contributed by atoms with Gasteiger partial charge in [-0.25, -0.2) is 0 Å². The van der Waals surface area contributed by atoms with Gasteiger partial charge in [0.25, 0.3) is 0 Å². The van der Waals surface area contributed by atoms with Gasteiger partial charge in [-0.05, 0) is 30.2 Å². The van der Waals surface area contributed by atoms with Crippen LogP contribution in [0.4, 0.5) is 0 Å². The van der Waals surface area contributed by atoms with Crippen molar-refractivity contribution in [3.05, 3.63) is 59.0 Å². The Morgan fingerprint density at radius 3 is 2.56 bits per heavy atom. The highest BCUT2D eigenvalue weighted by molar-refractivity contribution is 5.91. The van der Waals surface area contributed by atoms with Crippen LogP contribution in [0.15, 0.2) is 40.8 Å². The highest BCUT2D eigenvalue weighted by atomic mass is 16.3.